The molecule has 0 saturated carbocycles. The largest absolute Gasteiger partial charge is 0.478 e. The third-order valence-electron chi connectivity index (χ3n) is 1.48. The van der Waals surface area contributed by atoms with Gasteiger partial charge in [0.2, 0.25) is 5.82 Å². The number of aromatic carboxylic acids is 1. The van der Waals surface area contributed by atoms with E-state index in [0.717, 1.165) is 12.1 Å². The molecule has 0 aliphatic carbocycles. The fourth-order valence-corrected chi connectivity index (χ4v) is 1.11. The number of hydrogen-bond donors (Lipinski definition) is 1. The highest BCUT2D eigenvalue weighted by Gasteiger charge is 2.24. The number of carbonyl (C=O) groups is 1. The van der Waals surface area contributed by atoms with Crippen molar-refractivity contribution in [2.75, 3.05) is 0 Å². The van der Waals surface area contributed by atoms with E-state index in [1.54, 1.807) is 0 Å². The van der Waals surface area contributed by atoms with Crippen molar-refractivity contribution in [3.05, 3.63) is 38.7 Å². The van der Waals surface area contributed by atoms with E-state index in [1.807, 2.05) is 0 Å². The highest BCUT2D eigenvalue weighted by molar-refractivity contribution is 6.33. The van der Waals surface area contributed by atoms with E-state index < -0.39 is 28.0 Å². The molecule has 0 amide bonds. The third-order valence-corrected chi connectivity index (χ3v) is 1.80. The average molecular weight is 220 g/mol. The number of nitrogens with zero attached hydrogens (tertiary/aromatic N) is 1. The summed E-state index contributed by atoms with van der Waals surface area (Å²) in [7, 11) is 0. The standard InChI is InChI=1S/C7H3ClFNO4/c8-3-1-2-4(10(13)14)6(9)5(3)7(11)12/h1-2H,(H,11,12). The van der Waals surface area contributed by atoms with Gasteiger partial charge in [-0.25, -0.2) is 4.79 Å². The number of nitro benzene ring substituents is 1. The van der Waals surface area contributed by atoms with Crippen LogP contribution in [-0.4, -0.2) is 16.0 Å². The van der Waals surface area contributed by atoms with Crippen molar-refractivity contribution >= 4 is 23.3 Å². The molecule has 0 aliphatic rings. The molecule has 0 aliphatic heterocycles. The first-order chi connectivity index (χ1) is 6.45. The topological polar surface area (TPSA) is 80.4 Å². The maximum atomic E-state index is 13.1. The Morgan fingerprint density at radius 3 is 2.57 bits per heavy atom. The van der Waals surface area contributed by atoms with E-state index in [0.29, 0.717) is 0 Å². The second-order valence-corrected chi connectivity index (χ2v) is 2.72. The van der Waals surface area contributed by atoms with E-state index in [-0.39, 0.29) is 5.02 Å². The van der Waals surface area contributed by atoms with Crippen molar-refractivity contribution < 1.29 is 19.2 Å². The lowest BCUT2D eigenvalue weighted by Crippen LogP contribution is -2.04. The van der Waals surface area contributed by atoms with Crippen LogP contribution in [0.1, 0.15) is 10.4 Å². The molecule has 0 radical (unpaired) electrons. The van der Waals surface area contributed by atoms with Crippen molar-refractivity contribution in [2.24, 2.45) is 0 Å². The Morgan fingerprint density at radius 2 is 2.14 bits per heavy atom. The Balaban J connectivity index is 3.49. The number of rotatable bonds is 2. The molecule has 0 spiro atoms. The number of nitro groups is 1. The smallest absolute Gasteiger partial charge is 0.340 e. The van der Waals surface area contributed by atoms with Crippen LogP contribution < -0.4 is 0 Å². The molecule has 0 atom stereocenters. The highest BCUT2D eigenvalue weighted by atomic mass is 35.5. The summed E-state index contributed by atoms with van der Waals surface area (Å²) in [6.07, 6.45) is 0. The lowest BCUT2D eigenvalue weighted by Gasteiger charge is -2.00. The van der Waals surface area contributed by atoms with Crippen LogP contribution in [0.15, 0.2) is 12.1 Å². The minimum Gasteiger partial charge on any atom is -0.478 e. The molecular formula is C7H3ClFNO4. The zero-order valence-corrected chi connectivity index (χ0v) is 7.29. The predicted octanol–water partition coefficient (Wildman–Crippen LogP) is 2.09. The zero-order chi connectivity index (χ0) is 10.9. The maximum Gasteiger partial charge on any atom is 0.340 e. The summed E-state index contributed by atoms with van der Waals surface area (Å²) in [5.41, 5.74) is -1.80. The molecule has 74 valence electrons. The molecule has 1 aromatic rings. The van der Waals surface area contributed by atoms with Crippen molar-refractivity contribution in [3.63, 3.8) is 0 Å². The summed E-state index contributed by atoms with van der Waals surface area (Å²) < 4.78 is 13.1. The molecule has 7 heteroatoms. The van der Waals surface area contributed by atoms with Gasteiger partial charge >= 0.3 is 11.7 Å². The van der Waals surface area contributed by atoms with Crippen LogP contribution in [0, 0.1) is 15.9 Å². The van der Waals surface area contributed by atoms with E-state index in [1.165, 1.54) is 0 Å². The fraction of sp³-hybridized carbons (Fsp3) is 0. The van der Waals surface area contributed by atoms with Gasteiger partial charge in [0.05, 0.1) is 9.95 Å². The van der Waals surface area contributed by atoms with E-state index in [9.17, 15) is 19.3 Å². The van der Waals surface area contributed by atoms with Crippen LogP contribution in [0.2, 0.25) is 5.02 Å². The molecule has 0 aromatic heterocycles. The van der Waals surface area contributed by atoms with Gasteiger partial charge in [-0.1, -0.05) is 11.6 Å². The number of halogens is 2. The minimum absolute atomic E-state index is 0.374. The van der Waals surface area contributed by atoms with Crippen LogP contribution in [-0.2, 0) is 0 Å². The van der Waals surface area contributed by atoms with E-state index in [2.05, 4.69) is 0 Å². The fourth-order valence-electron chi connectivity index (χ4n) is 0.879. The first kappa shape index (κ1) is 10.4. The molecule has 1 aromatic carbocycles. The quantitative estimate of drug-likeness (QED) is 0.610. The van der Waals surface area contributed by atoms with Crippen LogP contribution in [0.3, 0.4) is 0 Å². The van der Waals surface area contributed by atoms with Crippen LogP contribution in [0.25, 0.3) is 0 Å². The average Bonchev–Trinajstić information content (AvgIpc) is 2.02. The van der Waals surface area contributed by atoms with Gasteiger partial charge in [-0.15, -0.1) is 0 Å². The van der Waals surface area contributed by atoms with Gasteiger partial charge in [0.1, 0.15) is 5.56 Å². The molecule has 0 bridgehead atoms. The Kier molecular flexibility index (Phi) is 2.66. The molecule has 0 unspecified atom stereocenters. The molecule has 5 nitrogen and oxygen atoms in total. The van der Waals surface area contributed by atoms with E-state index >= 15 is 0 Å². The van der Waals surface area contributed by atoms with Crippen LogP contribution in [0.4, 0.5) is 10.1 Å². The summed E-state index contributed by atoms with van der Waals surface area (Å²) in [6, 6.07) is 1.77. The molecule has 1 rings (SSSR count). The van der Waals surface area contributed by atoms with Crippen molar-refractivity contribution in [3.8, 4) is 0 Å². The predicted molar refractivity (Wildman–Crippen MR) is 45.0 cm³/mol. The Hall–Kier alpha value is -1.69. The first-order valence-electron chi connectivity index (χ1n) is 3.31. The lowest BCUT2D eigenvalue weighted by molar-refractivity contribution is -0.387. The third kappa shape index (κ3) is 1.64. The Morgan fingerprint density at radius 1 is 1.57 bits per heavy atom. The first-order valence-corrected chi connectivity index (χ1v) is 3.68. The highest BCUT2D eigenvalue weighted by Crippen LogP contribution is 2.26. The van der Waals surface area contributed by atoms with Crippen molar-refractivity contribution in [2.45, 2.75) is 0 Å². The Labute approximate surface area is 81.9 Å². The molecule has 14 heavy (non-hydrogen) atoms. The van der Waals surface area contributed by atoms with Gasteiger partial charge in [-0.2, -0.15) is 4.39 Å². The van der Waals surface area contributed by atoms with Crippen LogP contribution in [0.5, 0.6) is 0 Å². The SMILES string of the molecule is O=C(O)c1c(Cl)ccc([N+](=O)[O-])c1F. The second kappa shape index (κ2) is 3.59. The minimum atomic E-state index is -1.64. The number of benzene rings is 1. The zero-order valence-electron chi connectivity index (χ0n) is 6.53. The maximum absolute atomic E-state index is 13.1. The van der Waals surface area contributed by atoms with Gasteiger partial charge in [-0.05, 0) is 6.07 Å². The molecular weight excluding hydrogens is 217 g/mol. The van der Waals surface area contributed by atoms with Gasteiger partial charge in [0, 0.05) is 6.07 Å². The normalized spacial score (nSPS) is 9.86. The van der Waals surface area contributed by atoms with Gasteiger partial charge in [-0.3, -0.25) is 10.1 Å². The number of carboxylic acid groups (broad SMARTS) is 1. The lowest BCUT2D eigenvalue weighted by atomic mass is 10.2. The second-order valence-electron chi connectivity index (χ2n) is 2.32. The summed E-state index contributed by atoms with van der Waals surface area (Å²) in [4.78, 5) is 19.7. The number of hydrogen-bond acceptors (Lipinski definition) is 3. The van der Waals surface area contributed by atoms with E-state index in [4.69, 9.17) is 16.7 Å². The van der Waals surface area contributed by atoms with Crippen molar-refractivity contribution in [1.29, 1.82) is 0 Å². The monoisotopic (exact) mass is 219 g/mol. The molecule has 0 fully saturated rings. The summed E-state index contributed by atoms with van der Waals surface area (Å²) in [6.45, 7) is 0. The molecule has 1 N–H and O–H groups in total. The molecule has 0 saturated heterocycles. The summed E-state index contributed by atoms with van der Waals surface area (Å²) in [5.74, 6) is -3.08. The number of carboxylic acids is 1. The summed E-state index contributed by atoms with van der Waals surface area (Å²) >= 11 is 5.36. The summed E-state index contributed by atoms with van der Waals surface area (Å²) in [5, 5.41) is 18.4. The Bertz CT molecular complexity index is 420. The molecule has 0 heterocycles. The van der Waals surface area contributed by atoms with Crippen molar-refractivity contribution in [1.82, 2.24) is 0 Å². The van der Waals surface area contributed by atoms with Crippen LogP contribution >= 0.6 is 11.6 Å². The van der Waals surface area contributed by atoms with Gasteiger partial charge in [0.15, 0.2) is 0 Å². The van der Waals surface area contributed by atoms with Gasteiger partial charge in [0.25, 0.3) is 0 Å². The van der Waals surface area contributed by atoms with Gasteiger partial charge < -0.3 is 5.11 Å².